The molecule has 0 radical (unpaired) electrons. The van der Waals surface area contributed by atoms with Gasteiger partial charge >= 0.3 is 0 Å². The van der Waals surface area contributed by atoms with Crippen molar-refractivity contribution >= 4 is 5.71 Å². The Morgan fingerprint density at radius 3 is 2.55 bits per heavy atom. The molecular weight excluding hydrogens is 138 g/mol. The van der Waals surface area contributed by atoms with Gasteiger partial charge in [0.25, 0.3) is 0 Å². The molecule has 0 fully saturated rings. The van der Waals surface area contributed by atoms with Crippen LogP contribution in [0.3, 0.4) is 0 Å². The maximum atomic E-state index is 8.64. The largest absolute Gasteiger partial charge is 0.411 e. The van der Waals surface area contributed by atoms with Gasteiger partial charge in [0.15, 0.2) is 0 Å². The molecule has 0 unspecified atom stereocenters. The average Bonchev–Trinajstić information content (AvgIpc) is 2.52. The maximum Gasteiger partial charge on any atom is 0.0677 e. The highest BCUT2D eigenvalue weighted by atomic mass is 16.4. The molecule has 1 aliphatic carbocycles. The van der Waals surface area contributed by atoms with Crippen LogP contribution in [0.15, 0.2) is 29.5 Å². The van der Waals surface area contributed by atoms with Gasteiger partial charge in [-0.2, -0.15) is 0 Å². The van der Waals surface area contributed by atoms with Crippen molar-refractivity contribution in [3.8, 4) is 0 Å². The summed E-state index contributed by atoms with van der Waals surface area (Å²) in [5.41, 5.74) is 0.859. The van der Waals surface area contributed by atoms with E-state index in [0.717, 1.165) is 18.6 Å². The summed E-state index contributed by atoms with van der Waals surface area (Å²) >= 11 is 0. The normalized spacial score (nSPS) is 18.1. The first-order chi connectivity index (χ1) is 5.38. The van der Waals surface area contributed by atoms with E-state index in [9.17, 15) is 0 Å². The fraction of sp³-hybridized carbons (Fsp3) is 0.444. The molecule has 60 valence electrons. The molecule has 0 amide bonds. The molecule has 0 aromatic heterocycles. The van der Waals surface area contributed by atoms with Crippen LogP contribution >= 0.6 is 0 Å². The summed E-state index contributed by atoms with van der Waals surface area (Å²) in [6, 6.07) is 0. The van der Waals surface area contributed by atoms with E-state index in [4.69, 9.17) is 5.21 Å². The Balaban J connectivity index is 2.56. The van der Waals surface area contributed by atoms with Crippen LogP contribution in [-0.4, -0.2) is 10.9 Å². The number of nitrogens with zero attached hydrogens (tertiary/aromatic N) is 1. The summed E-state index contributed by atoms with van der Waals surface area (Å²) < 4.78 is 0. The lowest BCUT2D eigenvalue weighted by molar-refractivity contribution is 0.315. The summed E-state index contributed by atoms with van der Waals surface area (Å²) in [4.78, 5) is 0. The third kappa shape index (κ3) is 1.93. The molecule has 0 aromatic carbocycles. The third-order valence-corrected chi connectivity index (χ3v) is 1.77. The molecule has 0 bridgehead atoms. The van der Waals surface area contributed by atoms with Crippen molar-refractivity contribution in [3.05, 3.63) is 24.3 Å². The Kier molecular flexibility index (Phi) is 2.90. The van der Waals surface area contributed by atoms with Crippen molar-refractivity contribution < 1.29 is 5.21 Å². The lowest BCUT2D eigenvalue weighted by atomic mass is 10.0. The van der Waals surface area contributed by atoms with Gasteiger partial charge in [0.05, 0.1) is 5.71 Å². The second-order valence-electron chi connectivity index (χ2n) is 2.64. The zero-order chi connectivity index (χ0) is 8.10. The van der Waals surface area contributed by atoms with Crippen LogP contribution in [0, 0.1) is 5.92 Å². The van der Waals surface area contributed by atoms with Crippen LogP contribution in [0.1, 0.15) is 19.8 Å². The van der Waals surface area contributed by atoms with Gasteiger partial charge in [-0.15, -0.1) is 0 Å². The molecule has 0 saturated carbocycles. The molecule has 1 aliphatic rings. The minimum Gasteiger partial charge on any atom is -0.411 e. The highest BCUT2D eigenvalue weighted by Gasteiger charge is 2.10. The van der Waals surface area contributed by atoms with Gasteiger partial charge in [0, 0.05) is 5.92 Å². The molecule has 2 nitrogen and oxygen atoms in total. The van der Waals surface area contributed by atoms with E-state index in [2.05, 4.69) is 12.1 Å². The van der Waals surface area contributed by atoms with Crippen LogP contribution < -0.4 is 0 Å². The zero-order valence-electron chi connectivity index (χ0n) is 6.70. The number of rotatable bonds is 3. The average molecular weight is 151 g/mol. The Labute approximate surface area is 66.9 Å². The van der Waals surface area contributed by atoms with Crippen LogP contribution in [-0.2, 0) is 0 Å². The topological polar surface area (TPSA) is 32.6 Å². The van der Waals surface area contributed by atoms with Gasteiger partial charge in [-0.25, -0.2) is 0 Å². The second kappa shape index (κ2) is 3.96. The Morgan fingerprint density at radius 2 is 2.09 bits per heavy atom. The molecule has 1 rings (SSSR count). The van der Waals surface area contributed by atoms with E-state index in [1.54, 1.807) is 0 Å². The maximum absolute atomic E-state index is 8.64. The number of allylic oxidation sites excluding steroid dienone is 4. The van der Waals surface area contributed by atoms with Gasteiger partial charge in [-0.3, -0.25) is 0 Å². The highest BCUT2D eigenvalue weighted by Crippen LogP contribution is 2.13. The lowest BCUT2D eigenvalue weighted by Gasteiger charge is -2.05. The molecular formula is C9H13NO. The molecule has 0 spiro atoms. The first kappa shape index (κ1) is 8.05. The minimum absolute atomic E-state index is 0.236. The highest BCUT2D eigenvalue weighted by molar-refractivity contribution is 5.89. The molecule has 0 saturated heterocycles. The SMILES string of the molecule is CCC/C(=N/O)C1C=CC=C1. The number of hydrogen-bond donors (Lipinski definition) is 1. The van der Waals surface area contributed by atoms with Crippen LogP contribution in [0.2, 0.25) is 0 Å². The summed E-state index contributed by atoms with van der Waals surface area (Å²) in [5, 5.41) is 11.9. The van der Waals surface area contributed by atoms with Crippen molar-refractivity contribution in [2.24, 2.45) is 11.1 Å². The van der Waals surface area contributed by atoms with E-state index in [1.165, 1.54) is 0 Å². The Bertz CT molecular complexity index is 192. The van der Waals surface area contributed by atoms with E-state index in [-0.39, 0.29) is 5.92 Å². The molecule has 0 heterocycles. The van der Waals surface area contributed by atoms with E-state index in [0.29, 0.717) is 0 Å². The van der Waals surface area contributed by atoms with Gasteiger partial charge in [-0.05, 0) is 6.42 Å². The van der Waals surface area contributed by atoms with Crippen molar-refractivity contribution in [2.75, 3.05) is 0 Å². The third-order valence-electron chi connectivity index (χ3n) is 1.77. The monoisotopic (exact) mass is 151 g/mol. The Morgan fingerprint density at radius 1 is 1.45 bits per heavy atom. The summed E-state index contributed by atoms with van der Waals surface area (Å²) in [6.07, 6.45) is 9.92. The molecule has 0 atom stereocenters. The van der Waals surface area contributed by atoms with E-state index >= 15 is 0 Å². The first-order valence-corrected chi connectivity index (χ1v) is 3.94. The van der Waals surface area contributed by atoms with Crippen molar-refractivity contribution in [1.29, 1.82) is 0 Å². The standard InChI is InChI=1S/C9H13NO/c1-2-5-9(10-11)8-6-3-4-7-8/h3-4,6-8,11H,2,5H2,1H3/b10-9-. The Hall–Kier alpha value is -1.05. The number of oxime groups is 1. The number of hydrogen-bond acceptors (Lipinski definition) is 2. The molecule has 11 heavy (non-hydrogen) atoms. The van der Waals surface area contributed by atoms with Gasteiger partial charge < -0.3 is 5.21 Å². The molecule has 2 heteroatoms. The quantitative estimate of drug-likeness (QED) is 0.375. The van der Waals surface area contributed by atoms with Gasteiger partial charge in [0.2, 0.25) is 0 Å². The lowest BCUT2D eigenvalue weighted by Crippen LogP contribution is -2.07. The van der Waals surface area contributed by atoms with Crippen LogP contribution in [0.25, 0.3) is 0 Å². The molecule has 1 N–H and O–H groups in total. The predicted octanol–water partition coefficient (Wildman–Crippen LogP) is 2.36. The van der Waals surface area contributed by atoms with Crippen LogP contribution in [0.4, 0.5) is 0 Å². The van der Waals surface area contributed by atoms with Gasteiger partial charge in [0.1, 0.15) is 0 Å². The smallest absolute Gasteiger partial charge is 0.0677 e. The summed E-state index contributed by atoms with van der Waals surface area (Å²) in [7, 11) is 0. The van der Waals surface area contributed by atoms with Crippen LogP contribution in [0.5, 0.6) is 0 Å². The first-order valence-electron chi connectivity index (χ1n) is 3.94. The van der Waals surface area contributed by atoms with Crippen molar-refractivity contribution in [3.63, 3.8) is 0 Å². The van der Waals surface area contributed by atoms with E-state index in [1.807, 2.05) is 24.3 Å². The fourth-order valence-corrected chi connectivity index (χ4v) is 1.19. The van der Waals surface area contributed by atoms with E-state index < -0.39 is 0 Å². The van der Waals surface area contributed by atoms with Crippen molar-refractivity contribution in [2.45, 2.75) is 19.8 Å². The summed E-state index contributed by atoms with van der Waals surface area (Å²) in [6.45, 7) is 2.08. The molecule has 0 aromatic rings. The zero-order valence-corrected chi connectivity index (χ0v) is 6.70. The van der Waals surface area contributed by atoms with Crippen molar-refractivity contribution in [1.82, 2.24) is 0 Å². The molecule has 0 aliphatic heterocycles. The predicted molar refractivity (Wildman–Crippen MR) is 45.9 cm³/mol. The summed E-state index contributed by atoms with van der Waals surface area (Å²) in [5.74, 6) is 0.236. The second-order valence-corrected chi connectivity index (χ2v) is 2.64. The minimum atomic E-state index is 0.236. The van der Waals surface area contributed by atoms with Gasteiger partial charge in [-0.1, -0.05) is 42.8 Å². The fourth-order valence-electron chi connectivity index (χ4n) is 1.19.